The number of hydrogen-bond donors (Lipinski definition) is 0. The van der Waals surface area contributed by atoms with E-state index in [2.05, 4.69) is 26.8 Å². The molecule has 6 atom stereocenters. The van der Waals surface area contributed by atoms with Crippen LogP contribution in [0.25, 0.3) is 0 Å². The largest absolute Gasteiger partial charge is 0.461 e. The van der Waals surface area contributed by atoms with E-state index in [0.29, 0.717) is 19.4 Å². The Morgan fingerprint density at radius 3 is 2.27 bits per heavy atom. The van der Waals surface area contributed by atoms with Gasteiger partial charge in [0.2, 0.25) is 0 Å². The van der Waals surface area contributed by atoms with E-state index in [9.17, 15) is 9.59 Å². The average Bonchev–Trinajstić information content (AvgIpc) is 3.86. The molecule has 1 aromatic rings. The summed E-state index contributed by atoms with van der Waals surface area (Å²) >= 11 is 0. The number of unbranched alkanes of at least 4 members (excludes halogenated alkanes) is 5. The summed E-state index contributed by atoms with van der Waals surface area (Å²) in [4.78, 5) is 24.7. The van der Waals surface area contributed by atoms with Gasteiger partial charge in [-0.05, 0) is 58.4 Å². The van der Waals surface area contributed by atoms with Crippen molar-refractivity contribution in [1.29, 1.82) is 0 Å². The quantitative estimate of drug-likeness (QED) is 0.0998. The number of benzene rings is 1. The van der Waals surface area contributed by atoms with Crippen molar-refractivity contribution in [3.8, 4) is 0 Å². The van der Waals surface area contributed by atoms with Crippen molar-refractivity contribution in [2.75, 3.05) is 13.7 Å². The first kappa shape index (κ1) is 30.7. The van der Waals surface area contributed by atoms with E-state index < -0.39 is 0 Å². The van der Waals surface area contributed by atoms with Crippen LogP contribution in [0.5, 0.6) is 0 Å². The van der Waals surface area contributed by atoms with Crippen LogP contribution in [0.2, 0.25) is 0 Å². The first-order valence-electron chi connectivity index (χ1n) is 15.1. The van der Waals surface area contributed by atoms with Crippen molar-refractivity contribution >= 4 is 11.9 Å². The lowest BCUT2D eigenvalue weighted by atomic mass is 9.68. The molecule has 4 rings (SSSR count). The number of hydrogen-bond acceptors (Lipinski definition) is 7. The van der Waals surface area contributed by atoms with Gasteiger partial charge in [-0.2, -0.15) is 0 Å². The Hall–Kier alpha value is -2.22. The Morgan fingerprint density at radius 1 is 1.00 bits per heavy atom. The van der Waals surface area contributed by atoms with Gasteiger partial charge in [0.1, 0.15) is 30.0 Å². The summed E-state index contributed by atoms with van der Waals surface area (Å²) in [5.41, 5.74) is 1.75. The zero-order valence-corrected chi connectivity index (χ0v) is 24.8. The van der Waals surface area contributed by atoms with Crippen LogP contribution in [0.3, 0.4) is 0 Å². The van der Waals surface area contributed by atoms with E-state index in [1.165, 1.54) is 5.57 Å². The third-order valence-corrected chi connectivity index (χ3v) is 8.77. The number of methoxy groups -OCH3 is 1. The molecular weight excluding hydrogens is 508 g/mol. The molecule has 1 aromatic carbocycles. The minimum atomic E-state index is -0.327. The maximum Gasteiger partial charge on any atom is 0.306 e. The summed E-state index contributed by atoms with van der Waals surface area (Å²) in [7, 11) is 1.71. The molecule has 0 radical (unpaired) electrons. The van der Waals surface area contributed by atoms with Crippen molar-refractivity contribution in [3.63, 3.8) is 0 Å². The lowest BCUT2D eigenvalue weighted by molar-refractivity contribution is -0.172. The predicted molar refractivity (Wildman–Crippen MR) is 153 cm³/mol. The number of esters is 2. The molecule has 0 N–H and O–H groups in total. The van der Waals surface area contributed by atoms with Crippen LogP contribution in [0.4, 0.5) is 0 Å². The fourth-order valence-corrected chi connectivity index (χ4v) is 6.35. The highest BCUT2D eigenvalue weighted by atomic mass is 16.6. The average molecular weight is 557 g/mol. The molecule has 2 aliphatic heterocycles. The number of carbonyl (C=O) groups excluding carboxylic acids is 2. The predicted octanol–water partition coefficient (Wildman–Crippen LogP) is 6.47. The SMILES string of the molecule is CO[C@H]1[C@H](C2(C)O[C@@H]2CC=C(C)C)[C@]2(CC[C@H]1OC(=O)CCCCCCCCC(=O)OCc1ccccc1)CO2. The Morgan fingerprint density at radius 2 is 1.65 bits per heavy atom. The van der Waals surface area contributed by atoms with Crippen LogP contribution >= 0.6 is 0 Å². The first-order valence-corrected chi connectivity index (χ1v) is 15.1. The maximum atomic E-state index is 12.7. The molecule has 3 fully saturated rings. The van der Waals surface area contributed by atoms with Gasteiger partial charge in [0, 0.05) is 20.0 Å². The summed E-state index contributed by atoms with van der Waals surface area (Å²) in [6.07, 6.45) is 10.9. The fourth-order valence-electron chi connectivity index (χ4n) is 6.35. The topological polar surface area (TPSA) is 86.9 Å². The van der Waals surface area contributed by atoms with Crippen LogP contribution < -0.4 is 0 Å². The normalized spacial score (nSPS) is 30.5. The standard InChI is InChI=1S/C33H48O7/c1-24(2)18-19-27-32(3,40-27)31-30(36-4)26(20-21-33(31)23-38-33)39-29(35)17-13-8-6-5-7-12-16-28(34)37-22-25-14-10-9-11-15-25/h9-11,14-15,18,26-27,30-31H,5-8,12-13,16-17,19-23H2,1-4H3/t26-,27-,30-,31-,32?,33+/m1/s1. The van der Waals surface area contributed by atoms with Gasteiger partial charge in [0.05, 0.1) is 18.6 Å². The number of allylic oxidation sites excluding steroid dienone is 1. The number of epoxide rings is 2. The molecule has 7 nitrogen and oxygen atoms in total. The third-order valence-electron chi connectivity index (χ3n) is 8.77. The Labute approximate surface area is 239 Å². The molecule has 7 heteroatoms. The Kier molecular flexibility index (Phi) is 10.8. The Balaban J connectivity index is 1.10. The summed E-state index contributed by atoms with van der Waals surface area (Å²) in [6, 6.07) is 9.73. The van der Waals surface area contributed by atoms with Crippen LogP contribution in [0.1, 0.15) is 97.0 Å². The molecule has 2 saturated heterocycles. The van der Waals surface area contributed by atoms with Crippen LogP contribution in [0.15, 0.2) is 42.0 Å². The maximum absolute atomic E-state index is 12.7. The molecule has 0 bridgehead atoms. The lowest BCUT2D eigenvalue weighted by Crippen LogP contribution is -2.55. The summed E-state index contributed by atoms with van der Waals surface area (Å²) in [6.45, 7) is 7.43. The van der Waals surface area contributed by atoms with Gasteiger partial charge >= 0.3 is 11.9 Å². The van der Waals surface area contributed by atoms with E-state index in [1.54, 1.807) is 7.11 Å². The minimum Gasteiger partial charge on any atom is -0.461 e. The van der Waals surface area contributed by atoms with Crippen LogP contribution in [-0.2, 0) is 39.9 Å². The van der Waals surface area contributed by atoms with Crippen molar-refractivity contribution in [1.82, 2.24) is 0 Å². The molecule has 2 heterocycles. The fraction of sp³-hybridized carbons (Fsp3) is 0.697. The van der Waals surface area contributed by atoms with Gasteiger partial charge in [-0.3, -0.25) is 9.59 Å². The molecule has 1 spiro atoms. The van der Waals surface area contributed by atoms with Crippen molar-refractivity contribution < 1.29 is 33.3 Å². The van der Waals surface area contributed by atoms with E-state index in [4.69, 9.17) is 23.7 Å². The second-order valence-electron chi connectivity index (χ2n) is 12.2. The number of ether oxygens (including phenoxy) is 5. The monoisotopic (exact) mass is 556 g/mol. The second-order valence-corrected chi connectivity index (χ2v) is 12.2. The van der Waals surface area contributed by atoms with Gasteiger partial charge in [0.15, 0.2) is 0 Å². The zero-order valence-electron chi connectivity index (χ0n) is 24.8. The van der Waals surface area contributed by atoms with Crippen molar-refractivity contribution in [3.05, 3.63) is 47.5 Å². The van der Waals surface area contributed by atoms with E-state index in [0.717, 1.165) is 70.0 Å². The number of rotatable bonds is 16. The summed E-state index contributed by atoms with van der Waals surface area (Å²) < 4.78 is 29.5. The van der Waals surface area contributed by atoms with Gasteiger partial charge in [-0.1, -0.05) is 67.7 Å². The van der Waals surface area contributed by atoms with Crippen molar-refractivity contribution in [2.24, 2.45) is 5.92 Å². The first-order chi connectivity index (χ1) is 19.3. The summed E-state index contributed by atoms with van der Waals surface area (Å²) in [5.74, 6) is -0.249. The molecule has 0 amide bonds. The third kappa shape index (κ3) is 8.17. The zero-order chi connectivity index (χ0) is 28.6. The van der Waals surface area contributed by atoms with Gasteiger partial charge in [0.25, 0.3) is 0 Å². The van der Waals surface area contributed by atoms with E-state index >= 15 is 0 Å². The molecular formula is C33H48O7. The van der Waals surface area contributed by atoms with Crippen molar-refractivity contribution in [2.45, 2.75) is 128 Å². The molecule has 222 valence electrons. The van der Waals surface area contributed by atoms with Crippen LogP contribution in [0, 0.1) is 5.92 Å². The molecule has 1 aliphatic carbocycles. The number of carbonyl (C=O) groups is 2. The highest BCUT2D eigenvalue weighted by Crippen LogP contribution is 2.59. The smallest absolute Gasteiger partial charge is 0.306 e. The van der Waals surface area contributed by atoms with Gasteiger partial charge in [-0.25, -0.2) is 0 Å². The molecule has 0 aromatic heterocycles. The van der Waals surface area contributed by atoms with Gasteiger partial charge in [-0.15, -0.1) is 0 Å². The highest BCUT2D eigenvalue weighted by Gasteiger charge is 2.72. The van der Waals surface area contributed by atoms with Gasteiger partial charge < -0.3 is 23.7 Å². The molecule has 1 saturated carbocycles. The van der Waals surface area contributed by atoms with E-state index in [-0.39, 0.29) is 47.4 Å². The minimum absolute atomic E-state index is 0.0442. The molecule has 3 aliphatic rings. The van der Waals surface area contributed by atoms with Crippen LogP contribution in [-0.4, -0.2) is 55.2 Å². The molecule has 1 unspecified atom stereocenters. The Bertz CT molecular complexity index is 997. The van der Waals surface area contributed by atoms with E-state index in [1.807, 2.05) is 30.3 Å². The molecule has 40 heavy (non-hydrogen) atoms. The highest BCUT2D eigenvalue weighted by molar-refractivity contribution is 5.69. The second kappa shape index (κ2) is 14.1. The summed E-state index contributed by atoms with van der Waals surface area (Å²) in [5, 5.41) is 0. The lowest BCUT2D eigenvalue weighted by Gasteiger charge is -2.42.